The Morgan fingerprint density at radius 2 is 1.78 bits per heavy atom. The van der Waals surface area contributed by atoms with Crippen LogP contribution >= 0.6 is 23.2 Å². The number of rotatable bonds is 12. The number of anilines is 1. The molecule has 1 amide bonds. The number of nitrogens with one attached hydrogen (secondary N) is 2. The maximum atomic E-state index is 13.6. The van der Waals surface area contributed by atoms with E-state index >= 15 is 0 Å². The zero-order valence-electron chi connectivity index (χ0n) is 25.2. The molecule has 0 bridgehead atoms. The van der Waals surface area contributed by atoms with Gasteiger partial charge in [0.2, 0.25) is 11.9 Å². The Labute approximate surface area is 270 Å². The molecule has 0 saturated carbocycles. The van der Waals surface area contributed by atoms with Gasteiger partial charge < -0.3 is 24.4 Å². The van der Waals surface area contributed by atoms with E-state index < -0.39 is 0 Å². The fourth-order valence-electron chi connectivity index (χ4n) is 5.33. The molecule has 0 spiro atoms. The molecule has 45 heavy (non-hydrogen) atoms. The fraction of sp³-hybridized carbons (Fsp3) is 0.312. The Hall–Kier alpha value is -4.16. The number of hydrogen-bond donors (Lipinski definition) is 2. The van der Waals surface area contributed by atoms with Crippen LogP contribution in [-0.4, -0.2) is 78.1 Å². The Morgan fingerprint density at radius 3 is 2.44 bits per heavy atom. The quantitative estimate of drug-likeness (QED) is 0.131. The number of ether oxygens (including phenoxy) is 3. The van der Waals surface area contributed by atoms with Crippen LogP contribution in [0.5, 0.6) is 11.5 Å². The summed E-state index contributed by atoms with van der Waals surface area (Å²) in [4.78, 5) is 37.9. The first-order chi connectivity index (χ1) is 21.7. The third kappa shape index (κ3) is 6.91. The average Bonchev–Trinajstić information content (AvgIpc) is 3.45. The van der Waals surface area contributed by atoms with Crippen LogP contribution in [0.4, 0.5) is 5.95 Å². The third-order valence-corrected chi connectivity index (χ3v) is 8.41. The van der Waals surface area contributed by atoms with E-state index in [-0.39, 0.29) is 51.5 Å². The maximum absolute atomic E-state index is 13.6. The standard InChI is InChI=1S/C32H34Cl2N6O5/c1-5-11-45-18-36-22-16-40(26(41)12-19-9-7-6-8-10-19)17-23(22)37-32-35-15-20-13-21(31(42)39(2)30(20)38-32)27-28(33)24(43-3)14-25(44-4)29(27)34/h5-10,13-15,22-23,36H,1,11-12,16-18H2,2-4H3,(H,35,37,38). The van der Waals surface area contributed by atoms with Crippen molar-refractivity contribution >= 4 is 46.1 Å². The molecular formula is C32H34Cl2N6O5. The van der Waals surface area contributed by atoms with Crippen LogP contribution in [0, 0.1) is 0 Å². The number of hydrogen-bond acceptors (Lipinski definition) is 9. The number of fused-ring (bicyclic) bond motifs is 1. The molecule has 5 rings (SSSR count). The first-order valence-corrected chi connectivity index (χ1v) is 15.0. The van der Waals surface area contributed by atoms with E-state index in [1.54, 1.807) is 31.5 Å². The molecule has 4 aromatic rings. The number of aromatic nitrogens is 3. The molecule has 0 aliphatic carbocycles. The number of pyridine rings is 1. The Bertz CT molecular complexity index is 1740. The van der Waals surface area contributed by atoms with Gasteiger partial charge in [-0.3, -0.25) is 19.5 Å². The van der Waals surface area contributed by atoms with Gasteiger partial charge >= 0.3 is 0 Å². The maximum Gasteiger partial charge on any atom is 0.259 e. The highest BCUT2D eigenvalue weighted by Gasteiger charge is 2.35. The minimum atomic E-state index is -0.372. The van der Waals surface area contributed by atoms with Gasteiger partial charge in [0.05, 0.1) is 55.6 Å². The van der Waals surface area contributed by atoms with E-state index in [0.717, 1.165) is 5.56 Å². The number of aryl methyl sites for hydroxylation is 1. The molecule has 1 aliphatic heterocycles. The van der Waals surface area contributed by atoms with Crippen molar-refractivity contribution in [3.63, 3.8) is 0 Å². The second-order valence-electron chi connectivity index (χ2n) is 10.5. The van der Waals surface area contributed by atoms with Gasteiger partial charge in [-0.2, -0.15) is 4.98 Å². The van der Waals surface area contributed by atoms with E-state index in [1.807, 2.05) is 35.2 Å². The van der Waals surface area contributed by atoms with Crippen molar-refractivity contribution < 1.29 is 19.0 Å². The second kappa shape index (κ2) is 14.3. The van der Waals surface area contributed by atoms with Gasteiger partial charge in [0.25, 0.3) is 5.56 Å². The molecule has 2 atom stereocenters. The summed E-state index contributed by atoms with van der Waals surface area (Å²) in [7, 11) is 4.55. The summed E-state index contributed by atoms with van der Waals surface area (Å²) >= 11 is 13.2. The van der Waals surface area contributed by atoms with Gasteiger partial charge in [-0.1, -0.05) is 59.6 Å². The molecule has 3 heterocycles. The van der Waals surface area contributed by atoms with Gasteiger partial charge in [0, 0.05) is 49.4 Å². The predicted octanol–water partition coefficient (Wildman–Crippen LogP) is 4.30. The fourth-order valence-corrected chi connectivity index (χ4v) is 6.04. The van der Waals surface area contributed by atoms with Crippen molar-refractivity contribution in [1.82, 2.24) is 24.8 Å². The smallest absolute Gasteiger partial charge is 0.259 e. The van der Waals surface area contributed by atoms with Gasteiger partial charge in [-0.25, -0.2) is 4.98 Å². The summed E-state index contributed by atoms with van der Waals surface area (Å²) in [5.41, 5.74) is 1.51. The molecule has 13 heteroatoms. The zero-order chi connectivity index (χ0) is 32.1. The summed E-state index contributed by atoms with van der Waals surface area (Å²) in [6.07, 6.45) is 3.60. The molecule has 1 saturated heterocycles. The number of benzene rings is 2. The van der Waals surface area contributed by atoms with Crippen LogP contribution in [0.25, 0.3) is 22.2 Å². The largest absolute Gasteiger partial charge is 0.495 e. The van der Waals surface area contributed by atoms with Crippen molar-refractivity contribution in [2.24, 2.45) is 7.05 Å². The van der Waals surface area contributed by atoms with Crippen LogP contribution < -0.4 is 25.7 Å². The van der Waals surface area contributed by atoms with Gasteiger partial charge in [-0.15, -0.1) is 6.58 Å². The molecule has 0 radical (unpaired) electrons. The number of nitrogens with zero attached hydrogens (tertiary/aromatic N) is 4. The van der Waals surface area contributed by atoms with Gasteiger partial charge in [-0.05, 0) is 11.6 Å². The predicted molar refractivity (Wildman–Crippen MR) is 175 cm³/mol. The van der Waals surface area contributed by atoms with E-state index in [1.165, 1.54) is 18.8 Å². The highest BCUT2D eigenvalue weighted by molar-refractivity contribution is 6.41. The SMILES string of the molecule is C=CCOCNC1CN(C(=O)Cc2ccccc2)CC1Nc1ncc2cc(-c3c(Cl)c(OC)cc(OC)c3Cl)c(=O)n(C)c2n1. The van der Waals surface area contributed by atoms with Crippen LogP contribution in [0.15, 0.2) is 66.1 Å². The molecule has 2 aromatic carbocycles. The Morgan fingerprint density at radius 1 is 1.09 bits per heavy atom. The molecule has 11 nitrogen and oxygen atoms in total. The lowest BCUT2D eigenvalue weighted by atomic mass is 10.0. The first-order valence-electron chi connectivity index (χ1n) is 14.2. The molecule has 1 aliphatic rings. The Kier molecular flexibility index (Phi) is 10.2. The zero-order valence-corrected chi connectivity index (χ0v) is 26.7. The summed E-state index contributed by atoms with van der Waals surface area (Å²) in [5.74, 6) is 0.962. The van der Waals surface area contributed by atoms with Crippen LogP contribution in [0.1, 0.15) is 5.56 Å². The topological polar surface area (TPSA) is 120 Å². The lowest BCUT2D eigenvalue weighted by Crippen LogP contribution is -2.44. The number of methoxy groups -OCH3 is 2. The van der Waals surface area contributed by atoms with Crippen molar-refractivity contribution in [3.8, 4) is 22.6 Å². The molecule has 2 N–H and O–H groups in total. The second-order valence-corrected chi connectivity index (χ2v) is 11.3. The van der Waals surface area contributed by atoms with E-state index in [9.17, 15) is 9.59 Å². The van der Waals surface area contributed by atoms with E-state index in [4.69, 9.17) is 37.4 Å². The average molecular weight is 654 g/mol. The monoisotopic (exact) mass is 652 g/mol. The first kappa shape index (κ1) is 32.2. The van der Waals surface area contributed by atoms with Crippen molar-refractivity contribution in [2.75, 3.05) is 46.0 Å². The molecule has 2 unspecified atom stereocenters. The highest BCUT2D eigenvalue weighted by atomic mass is 35.5. The van der Waals surface area contributed by atoms with E-state index in [2.05, 4.69) is 27.2 Å². The van der Waals surface area contributed by atoms with Gasteiger partial charge in [0.15, 0.2) is 0 Å². The molecule has 236 valence electrons. The van der Waals surface area contributed by atoms with Gasteiger partial charge in [0.1, 0.15) is 17.1 Å². The number of amides is 1. The lowest BCUT2D eigenvalue weighted by Gasteiger charge is -2.21. The summed E-state index contributed by atoms with van der Waals surface area (Å²) in [6, 6.07) is 12.5. The van der Waals surface area contributed by atoms with Crippen molar-refractivity contribution in [2.45, 2.75) is 18.5 Å². The molecular weight excluding hydrogens is 619 g/mol. The highest BCUT2D eigenvalue weighted by Crippen LogP contribution is 2.45. The lowest BCUT2D eigenvalue weighted by molar-refractivity contribution is -0.129. The number of likely N-dealkylation sites (tertiary alicyclic amines) is 1. The summed E-state index contributed by atoms with van der Waals surface area (Å²) < 4.78 is 17.7. The van der Waals surface area contributed by atoms with Crippen LogP contribution in [0.2, 0.25) is 10.0 Å². The summed E-state index contributed by atoms with van der Waals surface area (Å²) in [5, 5.41) is 7.69. The third-order valence-electron chi connectivity index (χ3n) is 7.66. The summed E-state index contributed by atoms with van der Waals surface area (Å²) in [6.45, 7) is 5.26. The van der Waals surface area contributed by atoms with E-state index in [0.29, 0.717) is 54.6 Å². The minimum Gasteiger partial charge on any atom is -0.495 e. The Balaban J connectivity index is 1.43. The number of carbonyl (C=O) groups excluding carboxylic acids is 1. The van der Waals surface area contributed by atoms with Crippen LogP contribution in [0.3, 0.4) is 0 Å². The van der Waals surface area contributed by atoms with Crippen molar-refractivity contribution in [1.29, 1.82) is 0 Å². The normalized spacial score (nSPS) is 16.2. The number of halogens is 2. The molecule has 2 aromatic heterocycles. The molecule has 1 fully saturated rings. The van der Waals surface area contributed by atoms with Crippen molar-refractivity contribution in [3.05, 3.63) is 87.3 Å². The van der Waals surface area contributed by atoms with Crippen LogP contribution in [-0.2, 0) is 23.0 Å². The minimum absolute atomic E-state index is 0.0187. The number of carbonyl (C=O) groups is 1.